The summed E-state index contributed by atoms with van der Waals surface area (Å²) in [4.78, 5) is 11.5. The molecule has 0 radical (unpaired) electrons. The van der Waals surface area contributed by atoms with E-state index in [0.29, 0.717) is 13.0 Å². The minimum absolute atomic E-state index is 0.0400. The van der Waals surface area contributed by atoms with Crippen LogP contribution in [0.1, 0.15) is 13.3 Å². The van der Waals surface area contributed by atoms with Crippen LogP contribution >= 0.6 is 0 Å². The normalized spacial score (nSPS) is 28.2. The number of aromatic nitrogens is 4. The standard InChI is InChI=1S/C9H15N5O3/c1-7-9(16,2-3-17-7)5-10-8(15)4-14-6-11-12-13-14/h6-7,16H,2-5H2,1H3,(H,10,15). The number of tetrazole rings is 1. The quantitative estimate of drug-likeness (QED) is 0.653. The second-order valence-electron chi connectivity index (χ2n) is 4.15. The zero-order valence-electron chi connectivity index (χ0n) is 9.54. The first-order valence-electron chi connectivity index (χ1n) is 5.41. The van der Waals surface area contributed by atoms with Crippen LogP contribution in [0.2, 0.25) is 0 Å². The van der Waals surface area contributed by atoms with Gasteiger partial charge in [-0.05, 0) is 17.4 Å². The van der Waals surface area contributed by atoms with E-state index in [-0.39, 0.29) is 25.1 Å². The van der Waals surface area contributed by atoms with Crippen molar-refractivity contribution in [3.8, 4) is 0 Å². The average Bonchev–Trinajstić information content (AvgIpc) is 2.89. The summed E-state index contributed by atoms with van der Waals surface area (Å²) in [6.07, 6.45) is 1.62. The number of nitrogens with one attached hydrogen (secondary N) is 1. The van der Waals surface area contributed by atoms with Gasteiger partial charge < -0.3 is 15.2 Å². The molecule has 8 nitrogen and oxygen atoms in total. The first-order chi connectivity index (χ1) is 8.10. The largest absolute Gasteiger partial charge is 0.385 e. The molecule has 2 unspecified atom stereocenters. The molecule has 1 fully saturated rings. The fraction of sp³-hybridized carbons (Fsp3) is 0.778. The predicted molar refractivity (Wildman–Crippen MR) is 55.8 cm³/mol. The Bertz CT molecular complexity index is 382. The Hall–Kier alpha value is -1.54. The molecule has 0 aliphatic carbocycles. The van der Waals surface area contributed by atoms with Crippen molar-refractivity contribution >= 4 is 5.91 Å². The third-order valence-corrected chi connectivity index (χ3v) is 2.95. The first-order valence-corrected chi connectivity index (χ1v) is 5.41. The van der Waals surface area contributed by atoms with Crippen LogP contribution in [0, 0.1) is 0 Å². The van der Waals surface area contributed by atoms with E-state index in [1.807, 2.05) is 0 Å². The molecule has 2 rings (SSSR count). The molecule has 0 spiro atoms. The highest BCUT2D eigenvalue weighted by Crippen LogP contribution is 2.24. The van der Waals surface area contributed by atoms with Crippen LogP contribution in [0.25, 0.3) is 0 Å². The summed E-state index contributed by atoms with van der Waals surface area (Å²) >= 11 is 0. The van der Waals surface area contributed by atoms with Crippen LogP contribution in [-0.2, 0) is 16.1 Å². The van der Waals surface area contributed by atoms with E-state index in [1.165, 1.54) is 11.0 Å². The van der Waals surface area contributed by atoms with Gasteiger partial charge in [-0.1, -0.05) is 0 Å². The summed E-state index contributed by atoms with van der Waals surface area (Å²) in [5.74, 6) is -0.246. The fourth-order valence-corrected chi connectivity index (χ4v) is 1.71. The van der Waals surface area contributed by atoms with E-state index in [4.69, 9.17) is 4.74 Å². The summed E-state index contributed by atoms with van der Waals surface area (Å²) in [6, 6.07) is 0. The highest BCUT2D eigenvalue weighted by Gasteiger charge is 2.39. The van der Waals surface area contributed by atoms with E-state index >= 15 is 0 Å². The van der Waals surface area contributed by atoms with Gasteiger partial charge in [0.2, 0.25) is 5.91 Å². The van der Waals surface area contributed by atoms with Crippen LogP contribution in [0.5, 0.6) is 0 Å². The Labute approximate surface area is 97.9 Å². The van der Waals surface area contributed by atoms with Crippen molar-refractivity contribution in [3.63, 3.8) is 0 Å². The molecule has 0 aromatic carbocycles. The molecule has 17 heavy (non-hydrogen) atoms. The van der Waals surface area contributed by atoms with Crippen LogP contribution < -0.4 is 5.32 Å². The summed E-state index contributed by atoms with van der Waals surface area (Å²) in [7, 11) is 0. The molecule has 2 atom stereocenters. The Kier molecular flexibility index (Phi) is 3.34. The monoisotopic (exact) mass is 241 g/mol. The van der Waals surface area contributed by atoms with Gasteiger partial charge in [-0.3, -0.25) is 4.79 Å². The van der Waals surface area contributed by atoms with Gasteiger partial charge in [-0.2, -0.15) is 0 Å². The molecular weight excluding hydrogens is 226 g/mol. The van der Waals surface area contributed by atoms with E-state index < -0.39 is 5.60 Å². The van der Waals surface area contributed by atoms with Crippen LogP contribution in [0.3, 0.4) is 0 Å². The lowest BCUT2D eigenvalue weighted by Gasteiger charge is -2.26. The lowest BCUT2D eigenvalue weighted by molar-refractivity contribution is -0.123. The molecule has 1 aliphatic rings. The molecule has 1 aromatic rings. The Balaban J connectivity index is 1.80. The van der Waals surface area contributed by atoms with Crippen molar-refractivity contribution < 1.29 is 14.6 Å². The molecule has 1 aromatic heterocycles. The lowest BCUT2D eigenvalue weighted by Crippen LogP contribution is -2.48. The summed E-state index contributed by atoms with van der Waals surface area (Å²) in [5, 5.41) is 23.2. The minimum atomic E-state index is -0.976. The zero-order valence-corrected chi connectivity index (χ0v) is 9.54. The Morgan fingerprint density at radius 1 is 1.76 bits per heavy atom. The summed E-state index contributed by atoms with van der Waals surface area (Å²) in [6.45, 7) is 2.52. The lowest BCUT2D eigenvalue weighted by atomic mass is 9.97. The number of aliphatic hydroxyl groups is 1. The molecule has 94 valence electrons. The topological polar surface area (TPSA) is 102 Å². The number of hydrogen-bond acceptors (Lipinski definition) is 6. The van der Waals surface area contributed by atoms with Gasteiger partial charge in [0.05, 0.1) is 6.10 Å². The molecule has 0 saturated carbocycles. The van der Waals surface area contributed by atoms with Crippen molar-refractivity contribution in [2.24, 2.45) is 0 Å². The van der Waals surface area contributed by atoms with Gasteiger partial charge in [0.15, 0.2) is 0 Å². The van der Waals surface area contributed by atoms with E-state index in [1.54, 1.807) is 6.92 Å². The number of carbonyl (C=O) groups is 1. The SMILES string of the molecule is CC1OCCC1(O)CNC(=O)Cn1cnnn1. The van der Waals surface area contributed by atoms with Gasteiger partial charge in [-0.15, -0.1) is 5.10 Å². The third-order valence-electron chi connectivity index (χ3n) is 2.95. The van der Waals surface area contributed by atoms with Crippen molar-refractivity contribution in [2.45, 2.75) is 31.6 Å². The van der Waals surface area contributed by atoms with Crippen molar-refractivity contribution in [1.29, 1.82) is 0 Å². The number of ether oxygens (including phenoxy) is 1. The Morgan fingerprint density at radius 3 is 3.18 bits per heavy atom. The Morgan fingerprint density at radius 2 is 2.59 bits per heavy atom. The average molecular weight is 241 g/mol. The van der Waals surface area contributed by atoms with Gasteiger partial charge in [0.1, 0.15) is 18.5 Å². The molecule has 0 bridgehead atoms. The van der Waals surface area contributed by atoms with Gasteiger partial charge in [0, 0.05) is 19.6 Å². The van der Waals surface area contributed by atoms with E-state index in [2.05, 4.69) is 20.8 Å². The third kappa shape index (κ3) is 2.77. The highest BCUT2D eigenvalue weighted by atomic mass is 16.5. The number of carbonyl (C=O) groups excluding carboxylic acids is 1. The van der Waals surface area contributed by atoms with Gasteiger partial charge in [-0.25, -0.2) is 4.68 Å². The van der Waals surface area contributed by atoms with E-state index in [9.17, 15) is 9.90 Å². The molecule has 1 aliphatic heterocycles. The molecule has 2 N–H and O–H groups in total. The molecular formula is C9H15N5O3. The number of rotatable bonds is 4. The molecule has 1 saturated heterocycles. The first kappa shape index (κ1) is 11.9. The van der Waals surface area contributed by atoms with Gasteiger partial charge in [0.25, 0.3) is 0 Å². The zero-order chi connectivity index (χ0) is 12.3. The van der Waals surface area contributed by atoms with Crippen LogP contribution in [0.4, 0.5) is 0 Å². The number of hydrogen-bond donors (Lipinski definition) is 2. The van der Waals surface area contributed by atoms with Crippen LogP contribution in [-0.4, -0.2) is 56.1 Å². The van der Waals surface area contributed by atoms with Crippen molar-refractivity contribution in [2.75, 3.05) is 13.2 Å². The molecule has 2 heterocycles. The van der Waals surface area contributed by atoms with E-state index in [0.717, 1.165) is 0 Å². The molecule has 8 heteroatoms. The number of amides is 1. The second kappa shape index (κ2) is 4.76. The fourth-order valence-electron chi connectivity index (χ4n) is 1.71. The maximum Gasteiger partial charge on any atom is 0.241 e. The van der Waals surface area contributed by atoms with Crippen molar-refractivity contribution in [3.05, 3.63) is 6.33 Å². The summed E-state index contributed by atoms with van der Waals surface area (Å²) < 4.78 is 6.58. The maximum atomic E-state index is 11.5. The minimum Gasteiger partial charge on any atom is -0.385 e. The highest BCUT2D eigenvalue weighted by molar-refractivity contribution is 5.75. The predicted octanol–water partition coefficient (Wildman–Crippen LogP) is -1.67. The molecule has 1 amide bonds. The maximum absolute atomic E-state index is 11.5. The number of nitrogens with zero attached hydrogens (tertiary/aromatic N) is 4. The van der Waals surface area contributed by atoms with Crippen LogP contribution in [0.15, 0.2) is 6.33 Å². The van der Waals surface area contributed by atoms with Crippen molar-refractivity contribution in [1.82, 2.24) is 25.5 Å². The second-order valence-corrected chi connectivity index (χ2v) is 4.15. The van der Waals surface area contributed by atoms with Gasteiger partial charge >= 0.3 is 0 Å². The smallest absolute Gasteiger partial charge is 0.241 e. The summed E-state index contributed by atoms with van der Waals surface area (Å²) in [5.41, 5.74) is -0.976.